The summed E-state index contributed by atoms with van der Waals surface area (Å²) in [6.45, 7) is 2.01. The van der Waals surface area contributed by atoms with Crippen molar-refractivity contribution in [3.8, 4) is 0 Å². The molecular weight excluding hydrogens is 294 g/mol. The molecule has 5 heteroatoms. The Morgan fingerprint density at radius 1 is 1.28 bits per heavy atom. The highest BCUT2D eigenvalue weighted by Gasteiger charge is 2.11. The molecule has 96 valence electrons. The van der Waals surface area contributed by atoms with Crippen LogP contribution in [0, 0.1) is 0 Å². The first-order valence-corrected chi connectivity index (χ1v) is 6.74. The van der Waals surface area contributed by atoms with Crippen molar-refractivity contribution in [3.63, 3.8) is 0 Å². The van der Waals surface area contributed by atoms with E-state index in [-0.39, 0.29) is 5.91 Å². The van der Waals surface area contributed by atoms with Crippen LogP contribution in [-0.4, -0.2) is 36.7 Å². The molecule has 0 aromatic heterocycles. The van der Waals surface area contributed by atoms with E-state index in [0.29, 0.717) is 5.56 Å². The first kappa shape index (κ1) is 13.2. The van der Waals surface area contributed by atoms with Crippen LogP contribution < -0.4 is 5.43 Å². The Labute approximate surface area is 115 Å². The first-order valence-electron chi connectivity index (χ1n) is 5.95. The number of likely N-dealkylation sites (tertiary alicyclic amines) is 1. The highest BCUT2D eigenvalue weighted by molar-refractivity contribution is 9.10. The van der Waals surface area contributed by atoms with Gasteiger partial charge in [0.05, 0.1) is 0 Å². The topological polar surface area (TPSA) is 44.7 Å². The van der Waals surface area contributed by atoms with Gasteiger partial charge in [-0.3, -0.25) is 4.79 Å². The van der Waals surface area contributed by atoms with E-state index in [1.807, 2.05) is 12.1 Å². The number of piperidine rings is 1. The number of hydrogen-bond donors (Lipinski definition) is 1. The van der Waals surface area contributed by atoms with Crippen molar-refractivity contribution in [1.82, 2.24) is 10.3 Å². The van der Waals surface area contributed by atoms with Crippen LogP contribution in [0.2, 0.25) is 0 Å². The van der Waals surface area contributed by atoms with E-state index in [0.717, 1.165) is 36.1 Å². The van der Waals surface area contributed by atoms with Crippen molar-refractivity contribution in [2.45, 2.75) is 12.8 Å². The Kier molecular flexibility index (Phi) is 4.49. The minimum Gasteiger partial charge on any atom is -0.306 e. The summed E-state index contributed by atoms with van der Waals surface area (Å²) in [6.07, 6.45) is 1.86. The summed E-state index contributed by atoms with van der Waals surface area (Å²) in [5.41, 5.74) is 4.31. The van der Waals surface area contributed by atoms with E-state index in [4.69, 9.17) is 0 Å². The zero-order valence-corrected chi connectivity index (χ0v) is 11.9. The van der Waals surface area contributed by atoms with Crippen molar-refractivity contribution in [3.05, 3.63) is 34.3 Å². The minimum absolute atomic E-state index is 0.158. The van der Waals surface area contributed by atoms with Crippen molar-refractivity contribution < 1.29 is 4.79 Å². The molecule has 2 rings (SSSR count). The Balaban J connectivity index is 1.92. The van der Waals surface area contributed by atoms with Gasteiger partial charge in [-0.1, -0.05) is 15.9 Å². The van der Waals surface area contributed by atoms with E-state index in [2.05, 4.69) is 38.4 Å². The third-order valence-corrected chi connectivity index (χ3v) is 3.51. The monoisotopic (exact) mass is 309 g/mol. The molecule has 1 aromatic rings. The van der Waals surface area contributed by atoms with Crippen LogP contribution in [-0.2, 0) is 0 Å². The standard InChI is InChI=1S/C13H16BrN3O/c1-17-8-6-12(7-9-17)15-16-13(18)10-2-4-11(14)5-3-10/h2-5H,6-9H2,1H3,(H,16,18). The second kappa shape index (κ2) is 6.11. The molecule has 0 atom stereocenters. The van der Waals surface area contributed by atoms with Crippen molar-refractivity contribution >= 4 is 27.5 Å². The second-order valence-electron chi connectivity index (χ2n) is 4.43. The van der Waals surface area contributed by atoms with Gasteiger partial charge in [0, 0.05) is 41.7 Å². The molecule has 0 radical (unpaired) electrons. The summed E-state index contributed by atoms with van der Waals surface area (Å²) in [4.78, 5) is 14.1. The van der Waals surface area contributed by atoms with Crippen molar-refractivity contribution in [1.29, 1.82) is 0 Å². The molecule has 1 amide bonds. The number of hydrazone groups is 1. The highest BCUT2D eigenvalue weighted by atomic mass is 79.9. The Morgan fingerprint density at radius 3 is 2.50 bits per heavy atom. The summed E-state index contributed by atoms with van der Waals surface area (Å²) >= 11 is 3.34. The number of rotatable bonds is 2. The molecule has 1 aromatic carbocycles. The molecule has 1 fully saturated rings. The average Bonchev–Trinajstić information content (AvgIpc) is 2.38. The summed E-state index contributed by atoms with van der Waals surface area (Å²) in [5, 5.41) is 4.20. The predicted octanol–water partition coefficient (Wildman–Crippen LogP) is 2.26. The average molecular weight is 310 g/mol. The highest BCUT2D eigenvalue weighted by Crippen LogP contribution is 2.10. The number of halogens is 1. The van der Waals surface area contributed by atoms with Gasteiger partial charge in [0.1, 0.15) is 0 Å². The Morgan fingerprint density at radius 2 is 1.89 bits per heavy atom. The molecule has 0 spiro atoms. The zero-order chi connectivity index (χ0) is 13.0. The fourth-order valence-corrected chi connectivity index (χ4v) is 2.05. The van der Waals surface area contributed by atoms with E-state index < -0.39 is 0 Å². The minimum atomic E-state index is -0.158. The summed E-state index contributed by atoms with van der Waals surface area (Å²) in [6, 6.07) is 7.23. The van der Waals surface area contributed by atoms with Gasteiger partial charge >= 0.3 is 0 Å². The van der Waals surface area contributed by atoms with Crippen molar-refractivity contribution in [2.24, 2.45) is 5.10 Å². The number of amides is 1. The number of carbonyl (C=O) groups is 1. The van der Waals surface area contributed by atoms with Gasteiger partial charge < -0.3 is 4.90 Å². The van der Waals surface area contributed by atoms with Gasteiger partial charge in [0.25, 0.3) is 5.91 Å². The molecule has 0 aliphatic carbocycles. The van der Waals surface area contributed by atoms with E-state index >= 15 is 0 Å². The molecule has 1 saturated heterocycles. The normalized spacial score (nSPS) is 16.4. The molecule has 1 aliphatic rings. The Bertz CT molecular complexity index is 446. The van der Waals surface area contributed by atoms with E-state index in [1.54, 1.807) is 12.1 Å². The molecule has 1 heterocycles. The first-order chi connectivity index (χ1) is 8.65. The number of carbonyl (C=O) groups excluding carboxylic acids is 1. The number of nitrogens with zero attached hydrogens (tertiary/aromatic N) is 2. The van der Waals surface area contributed by atoms with Gasteiger partial charge in [0.2, 0.25) is 0 Å². The lowest BCUT2D eigenvalue weighted by molar-refractivity contribution is 0.0954. The summed E-state index contributed by atoms with van der Waals surface area (Å²) < 4.78 is 0.959. The van der Waals surface area contributed by atoms with E-state index in [1.165, 1.54) is 0 Å². The van der Waals surface area contributed by atoms with Crippen LogP contribution in [0.5, 0.6) is 0 Å². The predicted molar refractivity (Wildman–Crippen MR) is 75.8 cm³/mol. The molecular formula is C13H16BrN3O. The molecule has 1 aliphatic heterocycles. The second-order valence-corrected chi connectivity index (χ2v) is 5.34. The van der Waals surface area contributed by atoms with Crippen LogP contribution in [0.15, 0.2) is 33.8 Å². The van der Waals surface area contributed by atoms with Crippen LogP contribution in [0.4, 0.5) is 0 Å². The molecule has 1 N–H and O–H groups in total. The maximum atomic E-state index is 11.8. The molecule has 4 nitrogen and oxygen atoms in total. The van der Waals surface area contributed by atoms with Crippen molar-refractivity contribution in [2.75, 3.05) is 20.1 Å². The molecule has 0 unspecified atom stereocenters. The fourth-order valence-electron chi connectivity index (χ4n) is 1.78. The maximum Gasteiger partial charge on any atom is 0.271 e. The number of hydrogen-bond acceptors (Lipinski definition) is 3. The lowest BCUT2D eigenvalue weighted by atomic mass is 10.1. The van der Waals surface area contributed by atoms with Crippen LogP contribution >= 0.6 is 15.9 Å². The largest absolute Gasteiger partial charge is 0.306 e. The lowest BCUT2D eigenvalue weighted by Gasteiger charge is -2.22. The van der Waals surface area contributed by atoms with Gasteiger partial charge in [0.15, 0.2) is 0 Å². The lowest BCUT2D eigenvalue weighted by Crippen LogP contribution is -2.32. The third-order valence-electron chi connectivity index (χ3n) is 2.99. The number of benzene rings is 1. The van der Waals surface area contributed by atoms with Gasteiger partial charge in [-0.05, 0) is 31.3 Å². The van der Waals surface area contributed by atoms with Gasteiger partial charge in [-0.15, -0.1) is 0 Å². The van der Waals surface area contributed by atoms with Gasteiger partial charge in [-0.2, -0.15) is 5.10 Å². The third kappa shape index (κ3) is 3.65. The van der Waals surface area contributed by atoms with Crippen LogP contribution in [0.25, 0.3) is 0 Å². The molecule has 0 bridgehead atoms. The van der Waals surface area contributed by atoms with E-state index in [9.17, 15) is 4.79 Å². The maximum absolute atomic E-state index is 11.8. The van der Waals surface area contributed by atoms with Gasteiger partial charge in [-0.25, -0.2) is 5.43 Å². The smallest absolute Gasteiger partial charge is 0.271 e. The SMILES string of the molecule is CN1CCC(=NNC(=O)c2ccc(Br)cc2)CC1. The molecule has 18 heavy (non-hydrogen) atoms. The Hall–Kier alpha value is -1.20. The zero-order valence-electron chi connectivity index (χ0n) is 10.3. The fraction of sp³-hybridized carbons (Fsp3) is 0.385. The van der Waals surface area contributed by atoms with Crippen LogP contribution in [0.3, 0.4) is 0 Å². The number of nitrogens with one attached hydrogen (secondary N) is 1. The summed E-state index contributed by atoms with van der Waals surface area (Å²) in [5.74, 6) is -0.158. The quantitative estimate of drug-likeness (QED) is 0.852. The van der Waals surface area contributed by atoms with Crippen LogP contribution in [0.1, 0.15) is 23.2 Å². The molecule has 0 saturated carbocycles. The summed E-state index contributed by atoms with van der Waals surface area (Å²) in [7, 11) is 2.09.